The molecule has 6 heteroatoms. The van der Waals surface area contributed by atoms with Gasteiger partial charge in [0, 0.05) is 12.0 Å². The monoisotopic (exact) mass is 484 g/mol. The normalized spacial score (nSPS) is 23.8. The maximum Gasteiger partial charge on any atom is 0.336 e. The van der Waals surface area contributed by atoms with Crippen LogP contribution in [-0.4, -0.2) is 20.0 Å². The summed E-state index contributed by atoms with van der Waals surface area (Å²) in [6, 6.07) is 1.62. The van der Waals surface area contributed by atoms with E-state index in [1.54, 1.807) is 6.07 Å². The molecule has 0 unspecified atom stereocenters. The van der Waals surface area contributed by atoms with Gasteiger partial charge in [-0.1, -0.05) is 41.0 Å². The molecule has 0 spiro atoms. The summed E-state index contributed by atoms with van der Waals surface area (Å²) in [6.07, 6.45) is 5.55. The van der Waals surface area contributed by atoms with Gasteiger partial charge in [0.15, 0.2) is 13.9 Å². The van der Waals surface area contributed by atoms with E-state index in [1.165, 1.54) is 0 Å². The van der Waals surface area contributed by atoms with E-state index in [0.29, 0.717) is 5.58 Å². The fraction of sp³-hybridized carbons (Fsp3) is 0.607. The van der Waals surface area contributed by atoms with Crippen LogP contribution in [0.25, 0.3) is 17.0 Å². The summed E-state index contributed by atoms with van der Waals surface area (Å²) in [4.78, 5) is 12.8. The first-order chi connectivity index (χ1) is 15.7. The standard InChI is InChI=1S/C28H40O5Si/c1-11-12-18-15-20(29)31-26-21(18)25-19(13-14-28(7,8)32-25)24-22(26)23(16(2)17(3)30-24)33-34(9,10)27(4,5)6/h13-17,23H,11-12H2,1-10H3/t16-,17-,23-/m1/s1. The molecule has 0 amide bonds. The molecule has 2 aliphatic rings. The molecule has 0 aliphatic carbocycles. The molecule has 5 nitrogen and oxygen atoms in total. The number of ether oxygens (including phenoxy) is 2. The molecule has 3 atom stereocenters. The van der Waals surface area contributed by atoms with E-state index >= 15 is 0 Å². The van der Waals surface area contributed by atoms with E-state index in [0.717, 1.165) is 46.4 Å². The summed E-state index contributed by atoms with van der Waals surface area (Å²) in [6.45, 7) is 21.7. The third kappa shape index (κ3) is 4.13. The van der Waals surface area contributed by atoms with Crippen LogP contribution in [0.3, 0.4) is 0 Å². The van der Waals surface area contributed by atoms with Crippen LogP contribution < -0.4 is 15.1 Å². The third-order valence-electron chi connectivity index (χ3n) is 7.82. The van der Waals surface area contributed by atoms with Crippen LogP contribution in [0.15, 0.2) is 21.4 Å². The smallest absolute Gasteiger partial charge is 0.336 e. The lowest BCUT2D eigenvalue weighted by Crippen LogP contribution is -2.45. The van der Waals surface area contributed by atoms with E-state index in [2.05, 4.69) is 66.8 Å². The topological polar surface area (TPSA) is 57.9 Å². The molecule has 4 rings (SSSR count). The zero-order chi connectivity index (χ0) is 25.2. The van der Waals surface area contributed by atoms with Gasteiger partial charge in [-0.3, -0.25) is 0 Å². The van der Waals surface area contributed by atoms with Crippen molar-refractivity contribution in [3.63, 3.8) is 0 Å². The largest absolute Gasteiger partial charge is 0.489 e. The highest BCUT2D eigenvalue weighted by atomic mass is 28.4. The predicted octanol–water partition coefficient (Wildman–Crippen LogP) is 7.41. The second-order valence-electron chi connectivity index (χ2n) is 12.1. The van der Waals surface area contributed by atoms with Gasteiger partial charge in [-0.25, -0.2) is 4.79 Å². The van der Waals surface area contributed by atoms with Crippen LogP contribution in [-0.2, 0) is 10.8 Å². The number of aryl methyl sites for hydroxylation is 1. The number of benzene rings is 1. The molecule has 2 aliphatic heterocycles. The lowest BCUT2D eigenvalue weighted by molar-refractivity contribution is 0.0244. The lowest BCUT2D eigenvalue weighted by atomic mass is 9.85. The average Bonchev–Trinajstić information content (AvgIpc) is 2.69. The zero-order valence-corrected chi connectivity index (χ0v) is 23.4. The van der Waals surface area contributed by atoms with Gasteiger partial charge < -0.3 is 18.3 Å². The first kappa shape index (κ1) is 25.1. The Morgan fingerprint density at radius 2 is 1.82 bits per heavy atom. The highest BCUT2D eigenvalue weighted by Crippen LogP contribution is 2.54. The molecular weight excluding hydrogens is 444 g/mol. The molecule has 1 aromatic heterocycles. The summed E-state index contributed by atoms with van der Waals surface area (Å²) in [5.74, 6) is 1.55. The average molecular weight is 485 g/mol. The van der Waals surface area contributed by atoms with Crippen molar-refractivity contribution in [2.45, 2.75) is 104 Å². The van der Waals surface area contributed by atoms with Gasteiger partial charge in [0.2, 0.25) is 0 Å². The number of fused-ring (bicyclic) bond motifs is 6. The summed E-state index contributed by atoms with van der Waals surface area (Å²) in [7, 11) is -2.15. The molecule has 34 heavy (non-hydrogen) atoms. The van der Waals surface area contributed by atoms with Crippen molar-refractivity contribution in [3.8, 4) is 11.5 Å². The predicted molar refractivity (Wildman–Crippen MR) is 140 cm³/mol. The first-order valence-corrected chi connectivity index (χ1v) is 15.5. The van der Waals surface area contributed by atoms with E-state index in [4.69, 9.17) is 18.3 Å². The third-order valence-corrected chi connectivity index (χ3v) is 12.3. The molecule has 1 aromatic carbocycles. The Balaban J connectivity index is 2.10. The highest BCUT2D eigenvalue weighted by Gasteiger charge is 2.46. The van der Waals surface area contributed by atoms with Crippen LogP contribution in [0.5, 0.6) is 11.5 Å². The molecule has 2 aromatic rings. The maximum atomic E-state index is 12.8. The SMILES string of the molecule is CCCc1cc(=O)oc2c3c(c4c(c12)OC(C)(C)C=C4)O[C@H](C)[C@@H](C)[C@H]3O[Si](C)(C)C(C)(C)C. The Labute approximate surface area is 204 Å². The van der Waals surface area contributed by atoms with Gasteiger partial charge in [0.1, 0.15) is 23.2 Å². The minimum atomic E-state index is -2.15. The minimum absolute atomic E-state index is 0.0414. The van der Waals surface area contributed by atoms with Crippen LogP contribution in [0.2, 0.25) is 18.1 Å². The van der Waals surface area contributed by atoms with Crippen molar-refractivity contribution in [3.05, 3.63) is 39.3 Å². The van der Waals surface area contributed by atoms with Gasteiger partial charge >= 0.3 is 5.63 Å². The molecule has 3 heterocycles. The van der Waals surface area contributed by atoms with Crippen molar-refractivity contribution in [1.82, 2.24) is 0 Å². The van der Waals surface area contributed by atoms with E-state index in [1.807, 2.05) is 13.8 Å². The molecule has 0 N–H and O–H groups in total. The maximum absolute atomic E-state index is 12.8. The second-order valence-corrected chi connectivity index (χ2v) is 16.8. The molecule has 0 radical (unpaired) electrons. The fourth-order valence-electron chi connectivity index (χ4n) is 4.62. The Kier molecular flexibility index (Phi) is 6.09. The highest BCUT2D eigenvalue weighted by molar-refractivity contribution is 6.74. The number of hydrogen-bond donors (Lipinski definition) is 0. The van der Waals surface area contributed by atoms with Crippen LogP contribution in [0, 0.1) is 5.92 Å². The van der Waals surface area contributed by atoms with Gasteiger partial charge in [-0.15, -0.1) is 0 Å². The first-order valence-electron chi connectivity index (χ1n) is 12.6. The minimum Gasteiger partial charge on any atom is -0.489 e. The number of rotatable bonds is 4. The van der Waals surface area contributed by atoms with Gasteiger partial charge in [-0.05, 0) is 63.0 Å². The molecule has 0 fully saturated rings. The van der Waals surface area contributed by atoms with E-state index in [9.17, 15) is 4.79 Å². The molecule has 186 valence electrons. The van der Waals surface area contributed by atoms with Crippen LogP contribution >= 0.6 is 0 Å². The van der Waals surface area contributed by atoms with Crippen LogP contribution in [0.1, 0.15) is 84.6 Å². The fourth-order valence-corrected chi connectivity index (χ4v) is 5.94. The van der Waals surface area contributed by atoms with Crippen molar-refractivity contribution in [2.24, 2.45) is 5.92 Å². The Hall–Kier alpha value is -2.05. The van der Waals surface area contributed by atoms with Gasteiger partial charge in [0.05, 0.1) is 22.6 Å². The van der Waals surface area contributed by atoms with Crippen LogP contribution in [0.4, 0.5) is 0 Å². The summed E-state index contributed by atoms with van der Waals surface area (Å²) in [5, 5.41) is 0.918. The molecule has 0 saturated carbocycles. The number of hydrogen-bond acceptors (Lipinski definition) is 5. The molecule has 0 bridgehead atoms. The van der Waals surface area contributed by atoms with Crippen molar-refractivity contribution in [1.29, 1.82) is 0 Å². The van der Waals surface area contributed by atoms with Crippen molar-refractivity contribution >= 4 is 25.4 Å². The Morgan fingerprint density at radius 1 is 1.15 bits per heavy atom. The molecular formula is C28H40O5Si. The van der Waals surface area contributed by atoms with Gasteiger partial charge in [-0.2, -0.15) is 0 Å². The van der Waals surface area contributed by atoms with Crippen molar-refractivity contribution in [2.75, 3.05) is 0 Å². The second kappa shape index (κ2) is 8.27. The Bertz CT molecular complexity index is 1200. The summed E-state index contributed by atoms with van der Waals surface area (Å²) < 4.78 is 26.1. The summed E-state index contributed by atoms with van der Waals surface area (Å²) in [5.41, 5.74) is 2.46. The van der Waals surface area contributed by atoms with E-state index < -0.39 is 13.9 Å². The lowest BCUT2D eigenvalue weighted by Gasteiger charge is -2.45. The summed E-state index contributed by atoms with van der Waals surface area (Å²) >= 11 is 0. The van der Waals surface area contributed by atoms with Crippen molar-refractivity contribution < 1.29 is 18.3 Å². The zero-order valence-electron chi connectivity index (χ0n) is 22.4. The quantitative estimate of drug-likeness (QED) is 0.334. The molecule has 0 saturated heterocycles. The van der Waals surface area contributed by atoms with E-state index in [-0.39, 0.29) is 28.8 Å². The Morgan fingerprint density at radius 3 is 2.44 bits per heavy atom. The van der Waals surface area contributed by atoms with Gasteiger partial charge in [0.25, 0.3) is 0 Å².